The van der Waals surface area contributed by atoms with Gasteiger partial charge in [-0.15, -0.1) is 0 Å². The summed E-state index contributed by atoms with van der Waals surface area (Å²) in [5.41, 5.74) is 1.38. The fourth-order valence-electron chi connectivity index (χ4n) is 0.953. The molecule has 1 aromatic carbocycles. The first-order valence-corrected chi connectivity index (χ1v) is 5.19. The van der Waals surface area contributed by atoms with Crippen LogP contribution in [0.1, 0.15) is 5.56 Å². The maximum Gasteiger partial charge on any atom is 0.101 e. The first-order valence-electron chi connectivity index (χ1n) is 3.69. The van der Waals surface area contributed by atoms with E-state index in [2.05, 4.69) is 22.0 Å². The first kappa shape index (κ1) is 10.3. The van der Waals surface area contributed by atoms with Crippen LogP contribution in [0.15, 0.2) is 35.4 Å². The SMILES string of the molecule is N#C/C(=C(\Cl)CBr)c1ccccc1. The molecule has 0 aliphatic rings. The van der Waals surface area contributed by atoms with Crippen molar-refractivity contribution in [1.82, 2.24) is 0 Å². The highest BCUT2D eigenvalue weighted by Gasteiger charge is 2.04. The van der Waals surface area contributed by atoms with E-state index in [1.54, 1.807) is 0 Å². The Balaban J connectivity index is 3.15. The quantitative estimate of drug-likeness (QED) is 0.586. The van der Waals surface area contributed by atoms with E-state index in [-0.39, 0.29) is 0 Å². The Bertz CT molecular complexity index is 351. The van der Waals surface area contributed by atoms with E-state index in [1.807, 2.05) is 30.3 Å². The maximum atomic E-state index is 8.87. The van der Waals surface area contributed by atoms with E-state index >= 15 is 0 Å². The topological polar surface area (TPSA) is 23.8 Å². The zero-order valence-electron chi connectivity index (χ0n) is 6.80. The predicted octanol–water partition coefficient (Wildman–Crippen LogP) is 3.55. The maximum absolute atomic E-state index is 8.87. The van der Waals surface area contributed by atoms with Crippen LogP contribution in [0.4, 0.5) is 0 Å². The Hall–Kier alpha value is -0.780. The summed E-state index contributed by atoms with van der Waals surface area (Å²) in [5, 5.41) is 9.91. The van der Waals surface area contributed by atoms with Crippen LogP contribution >= 0.6 is 27.5 Å². The molecule has 1 nitrogen and oxygen atoms in total. The molecule has 0 saturated heterocycles. The Morgan fingerprint density at radius 3 is 2.46 bits per heavy atom. The summed E-state index contributed by atoms with van der Waals surface area (Å²) in [5.74, 6) is 0. The van der Waals surface area contributed by atoms with E-state index in [0.29, 0.717) is 15.9 Å². The highest BCUT2D eigenvalue weighted by molar-refractivity contribution is 9.09. The summed E-state index contributed by atoms with van der Waals surface area (Å²) in [7, 11) is 0. The highest BCUT2D eigenvalue weighted by Crippen LogP contribution is 2.21. The number of benzene rings is 1. The number of nitriles is 1. The molecule has 0 aromatic heterocycles. The van der Waals surface area contributed by atoms with Crippen molar-refractivity contribution in [2.45, 2.75) is 0 Å². The van der Waals surface area contributed by atoms with Crippen molar-refractivity contribution in [3.05, 3.63) is 40.9 Å². The smallest absolute Gasteiger partial charge is 0.101 e. The molecule has 66 valence electrons. The molecule has 0 saturated carbocycles. The second kappa shape index (κ2) is 5.06. The largest absolute Gasteiger partial charge is 0.192 e. The predicted molar refractivity (Wildman–Crippen MR) is 58.6 cm³/mol. The molecule has 3 heteroatoms. The van der Waals surface area contributed by atoms with Crippen LogP contribution < -0.4 is 0 Å². The Morgan fingerprint density at radius 2 is 2.00 bits per heavy atom. The van der Waals surface area contributed by atoms with E-state index in [0.717, 1.165) is 5.56 Å². The zero-order chi connectivity index (χ0) is 9.68. The van der Waals surface area contributed by atoms with Gasteiger partial charge in [-0.3, -0.25) is 0 Å². The van der Waals surface area contributed by atoms with Crippen LogP contribution in [0.25, 0.3) is 5.57 Å². The molecule has 0 spiro atoms. The lowest BCUT2D eigenvalue weighted by molar-refractivity contribution is 1.51. The Morgan fingerprint density at radius 1 is 1.38 bits per heavy atom. The molecule has 1 rings (SSSR count). The van der Waals surface area contributed by atoms with Gasteiger partial charge in [-0.2, -0.15) is 5.26 Å². The molecule has 0 amide bonds. The minimum absolute atomic E-state index is 0.506. The number of halogens is 2. The van der Waals surface area contributed by atoms with Crippen LogP contribution in [0.5, 0.6) is 0 Å². The third-order valence-corrected chi connectivity index (χ3v) is 2.77. The van der Waals surface area contributed by atoms with Gasteiger partial charge in [0.15, 0.2) is 0 Å². The molecule has 0 heterocycles. The van der Waals surface area contributed by atoms with Gasteiger partial charge in [0.1, 0.15) is 6.07 Å². The van der Waals surface area contributed by atoms with Crippen LogP contribution in [0.2, 0.25) is 0 Å². The lowest BCUT2D eigenvalue weighted by Gasteiger charge is -1.99. The summed E-state index contributed by atoms with van der Waals surface area (Å²) < 4.78 is 0. The van der Waals surface area contributed by atoms with Crippen molar-refractivity contribution < 1.29 is 0 Å². The van der Waals surface area contributed by atoms with Crippen molar-refractivity contribution in [3.63, 3.8) is 0 Å². The summed E-state index contributed by atoms with van der Waals surface area (Å²) in [6.45, 7) is 0. The Labute approximate surface area is 90.8 Å². The lowest BCUT2D eigenvalue weighted by Crippen LogP contribution is -1.85. The van der Waals surface area contributed by atoms with Gasteiger partial charge in [0.2, 0.25) is 0 Å². The third kappa shape index (κ3) is 2.58. The second-order valence-electron chi connectivity index (χ2n) is 2.39. The number of hydrogen-bond acceptors (Lipinski definition) is 1. The van der Waals surface area contributed by atoms with Crippen molar-refractivity contribution in [2.24, 2.45) is 0 Å². The van der Waals surface area contributed by atoms with Crippen LogP contribution in [-0.4, -0.2) is 5.33 Å². The number of hydrogen-bond donors (Lipinski definition) is 0. The normalized spacial score (nSPS) is 11.8. The van der Waals surface area contributed by atoms with E-state index < -0.39 is 0 Å². The summed E-state index contributed by atoms with van der Waals surface area (Å²) in [6, 6.07) is 11.5. The second-order valence-corrected chi connectivity index (χ2v) is 3.41. The molecule has 0 aliphatic heterocycles. The van der Waals surface area contributed by atoms with Gasteiger partial charge in [0, 0.05) is 10.4 Å². The molecule has 13 heavy (non-hydrogen) atoms. The monoisotopic (exact) mass is 255 g/mol. The average Bonchev–Trinajstić information content (AvgIpc) is 2.20. The first-order chi connectivity index (χ1) is 6.29. The number of allylic oxidation sites excluding steroid dienone is 2. The molecule has 0 atom stereocenters. The number of rotatable bonds is 2. The van der Waals surface area contributed by atoms with Crippen LogP contribution in [-0.2, 0) is 0 Å². The molecule has 0 bridgehead atoms. The molecule has 1 aromatic rings. The molecule has 0 fully saturated rings. The number of alkyl halides is 1. The molecule has 0 N–H and O–H groups in total. The molecule has 0 aliphatic carbocycles. The van der Waals surface area contributed by atoms with Gasteiger partial charge < -0.3 is 0 Å². The third-order valence-electron chi connectivity index (χ3n) is 1.56. The van der Waals surface area contributed by atoms with Gasteiger partial charge in [-0.1, -0.05) is 57.9 Å². The minimum Gasteiger partial charge on any atom is -0.192 e. The van der Waals surface area contributed by atoms with Gasteiger partial charge in [0.05, 0.1) is 5.57 Å². The Kier molecular flexibility index (Phi) is 4.01. The summed E-state index contributed by atoms with van der Waals surface area (Å²) in [4.78, 5) is 0. The molecule has 0 radical (unpaired) electrons. The van der Waals surface area contributed by atoms with Crippen LogP contribution in [0, 0.1) is 11.3 Å². The number of nitrogens with zero attached hydrogens (tertiary/aromatic N) is 1. The minimum atomic E-state index is 0.506. The van der Waals surface area contributed by atoms with Gasteiger partial charge in [-0.05, 0) is 5.56 Å². The summed E-state index contributed by atoms with van der Waals surface area (Å²) >= 11 is 9.09. The van der Waals surface area contributed by atoms with Crippen molar-refractivity contribution in [2.75, 3.05) is 5.33 Å². The van der Waals surface area contributed by atoms with Gasteiger partial charge in [0.25, 0.3) is 0 Å². The van der Waals surface area contributed by atoms with E-state index in [1.165, 1.54) is 0 Å². The highest BCUT2D eigenvalue weighted by atomic mass is 79.9. The molecule has 0 unspecified atom stereocenters. The van der Waals surface area contributed by atoms with Crippen molar-refractivity contribution in [3.8, 4) is 6.07 Å². The zero-order valence-corrected chi connectivity index (χ0v) is 9.14. The molecular weight excluding hydrogens is 249 g/mol. The summed E-state index contributed by atoms with van der Waals surface area (Å²) in [6.07, 6.45) is 0. The average molecular weight is 257 g/mol. The van der Waals surface area contributed by atoms with Crippen LogP contribution in [0.3, 0.4) is 0 Å². The van der Waals surface area contributed by atoms with Crippen molar-refractivity contribution in [1.29, 1.82) is 5.26 Å². The molecular formula is C10H7BrClN. The van der Waals surface area contributed by atoms with E-state index in [4.69, 9.17) is 16.9 Å². The fraction of sp³-hybridized carbons (Fsp3) is 0.100. The van der Waals surface area contributed by atoms with Crippen molar-refractivity contribution >= 4 is 33.1 Å². The van der Waals surface area contributed by atoms with Gasteiger partial charge in [-0.25, -0.2) is 0 Å². The van der Waals surface area contributed by atoms with Gasteiger partial charge >= 0.3 is 0 Å². The fourth-order valence-corrected chi connectivity index (χ4v) is 1.39. The van der Waals surface area contributed by atoms with E-state index in [9.17, 15) is 0 Å². The standard InChI is InChI=1S/C10H7BrClN/c11-6-10(12)9(7-13)8-4-2-1-3-5-8/h1-5H,6H2/b10-9+. The lowest BCUT2D eigenvalue weighted by atomic mass is 10.1.